The molecule has 0 heterocycles. The van der Waals surface area contributed by atoms with Crippen molar-refractivity contribution in [2.24, 2.45) is 5.92 Å². The van der Waals surface area contributed by atoms with Gasteiger partial charge in [-0.1, -0.05) is 31.9 Å². The topological polar surface area (TPSA) is 12.0 Å². The number of rotatable bonds is 6. The highest BCUT2D eigenvalue weighted by atomic mass is 19.2. The summed E-state index contributed by atoms with van der Waals surface area (Å²) in [6, 6.07) is 4.40. The van der Waals surface area contributed by atoms with Gasteiger partial charge in [-0.3, -0.25) is 0 Å². The molecule has 1 aliphatic rings. The predicted molar refractivity (Wildman–Crippen MR) is 64.7 cm³/mol. The molecule has 3 heteroatoms. The molecular formula is C14H19F2N. The summed E-state index contributed by atoms with van der Waals surface area (Å²) >= 11 is 0. The normalized spacial score (nSPS) is 17.1. The van der Waals surface area contributed by atoms with Crippen LogP contribution in [0.15, 0.2) is 18.2 Å². The highest BCUT2D eigenvalue weighted by molar-refractivity contribution is 5.23. The van der Waals surface area contributed by atoms with Gasteiger partial charge in [-0.15, -0.1) is 0 Å². The lowest BCUT2D eigenvalue weighted by Gasteiger charge is -2.19. The Bertz CT molecular complexity index is 374. The van der Waals surface area contributed by atoms with Crippen LogP contribution >= 0.6 is 0 Å². The maximum absolute atomic E-state index is 13.7. The SMILES string of the molecule is CCCNC(CC1CC1)c1cccc(F)c1F. The van der Waals surface area contributed by atoms with E-state index in [0.29, 0.717) is 11.5 Å². The average Bonchev–Trinajstić information content (AvgIpc) is 3.12. The van der Waals surface area contributed by atoms with E-state index in [4.69, 9.17) is 0 Å². The van der Waals surface area contributed by atoms with E-state index in [1.165, 1.54) is 18.9 Å². The zero-order chi connectivity index (χ0) is 12.3. The molecule has 1 N–H and O–H groups in total. The fraction of sp³-hybridized carbons (Fsp3) is 0.571. The van der Waals surface area contributed by atoms with E-state index < -0.39 is 11.6 Å². The lowest BCUT2D eigenvalue weighted by molar-refractivity contribution is 0.433. The Kier molecular flexibility index (Phi) is 4.11. The van der Waals surface area contributed by atoms with Gasteiger partial charge in [0.1, 0.15) is 0 Å². The fourth-order valence-electron chi connectivity index (χ4n) is 2.12. The molecule has 0 aromatic heterocycles. The number of benzene rings is 1. The maximum atomic E-state index is 13.7. The van der Waals surface area contributed by atoms with Crippen LogP contribution in [0.2, 0.25) is 0 Å². The summed E-state index contributed by atoms with van der Waals surface area (Å²) < 4.78 is 26.9. The van der Waals surface area contributed by atoms with Crippen molar-refractivity contribution in [1.29, 1.82) is 0 Å². The first-order valence-corrected chi connectivity index (χ1v) is 6.39. The molecule has 1 saturated carbocycles. The second-order valence-corrected chi connectivity index (χ2v) is 4.83. The number of nitrogens with one attached hydrogen (secondary N) is 1. The first-order valence-electron chi connectivity index (χ1n) is 6.39. The van der Waals surface area contributed by atoms with E-state index in [2.05, 4.69) is 12.2 Å². The van der Waals surface area contributed by atoms with E-state index in [0.717, 1.165) is 19.4 Å². The largest absolute Gasteiger partial charge is 0.310 e. The van der Waals surface area contributed by atoms with E-state index in [-0.39, 0.29) is 6.04 Å². The van der Waals surface area contributed by atoms with E-state index >= 15 is 0 Å². The molecule has 1 atom stereocenters. The van der Waals surface area contributed by atoms with Gasteiger partial charge in [-0.25, -0.2) is 8.78 Å². The van der Waals surface area contributed by atoms with Crippen molar-refractivity contribution in [2.45, 2.75) is 38.6 Å². The van der Waals surface area contributed by atoms with E-state index in [1.807, 2.05) is 0 Å². The van der Waals surface area contributed by atoms with Crippen LogP contribution in [0.5, 0.6) is 0 Å². The lowest BCUT2D eigenvalue weighted by atomic mass is 10.00. The third-order valence-electron chi connectivity index (χ3n) is 3.26. The second-order valence-electron chi connectivity index (χ2n) is 4.83. The monoisotopic (exact) mass is 239 g/mol. The maximum Gasteiger partial charge on any atom is 0.163 e. The third-order valence-corrected chi connectivity index (χ3v) is 3.26. The molecule has 1 fully saturated rings. The van der Waals surface area contributed by atoms with Gasteiger partial charge >= 0.3 is 0 Å². The molecule has 2 rings (SSSR count). The third kappa shape index (κ3) is 3.25. The van der Waals surface area contributed by atoms with Crippen LogP contribution in [-0.2, 0) is 0 Å². The highest BCUT2D eigenvalue weighted by Gasteiger charge is 2.27. The molecule has 1 aromatic carbocycles. The predicted octanol–water partition coefficient (Wildman–Crippen LogP) is 3.81. The highest BCUT2D eigenvalue weighted by Crippen LogP contribution is 2.38. The van der Waals surface area contributed by atoms with Crippen molar-refractivity contribution in [2.75, 3.05) is 6.54 Å². The molecule has 1 nitrogen and oxygen atoms in total. The minimum Gasteiger partial charge on any atom is -0.310 e. The molecule has 1 aliphatic carbocycles. The zero-order valence-electron chi connectivity index (χ0n) is 10.2. The number of halogens is 2. The Morgan fingerprint density at radius 3 is 2.76 bits per heavy atom. The Labute approximate surface area is 101 Å². The van der Waals surface area contributed by atoms with Gasteiger partial charge in [-0.2, -0.15) is 0 Å². The summed E-state index contributed by atoms with van der Waals surface area (Å²) in [4.78, 5) is 0. The van der Waals surface area contributed by atoms with Gasteiger partial charge < -0.3 is 5.32 Å². The van der Waals surface area contributed by atoms with Crippen LogP contribution in [0.3, 0.4) is 0 Å². The molecule has 0 spiro atoms. The van der Waals surface area contributed by atoms with E-state index in [9.17, 15) is 8.78 Å². The first kappa shape index (κ1) is 12.5. The molecule has 17 heavy (non-hydrogen) atoms. The Balaban J connectivity index is 2.14. The summed E-state index contributed by atoms with van der Waals surface area (Å²) in [5.74, 6) is -0.754. The molecule has 0 aliphatic heterocycles. The summed E-state index contributed by atoms with van der Waals surface area (Å²) in [7, 11) is 0. The zero-order valence-corrected chi connectivity index (χ0v) is 10.2. The Morgan fingerprint density at radius 1 is 1.35 bits per heavy atom. The quantitative estimate of drug-likeness (QED) is 0.796. The smallest absolute Gasteiger partial charge is 0.163 e. The van der Waals surface area contributed by atoms with Gasteiger partial charge in [0.15, 0.2) is 11.6 Å². The molecule has 0 radical (unpaired) electrons. The summed E-state index contributed by atoms with van der Waals surface area (Å²) in [5.41, 5.74) is 0.477. The van der Waals surface area contributed by atoms with Crippen LogP contribution in [0.25, 0.3) is 0 Å². The molecule has 0 bridgehead atoms. The number of hydrogen-bond donors (Lipinski definition) is 1. The van der Waals surface area contributed by atoms with Gasteiger partial charge in [-0.05, 0) is 31.4 Å². The van der Waals surface area contributed by atoms with Crippen LogP contribution in [0.4, 0.5) is 8.78 Å². The summed E-state index contributed by atoms with van der Waals surface area (Å²) in [6.45, 7) is 2.91. The van der Waals surface area contributed by atoms with Crippen molar-refractivity contribution in [1.82, 2.24) is 5.32 Å². The van der Waals surface area contributed by atoms with Gasteiger partial charge in [0.05, 0.1) is 0 Å². The van der Waals surface area contributed by atoms with Crippen LogP contribution in [-0.4, -0.2) is 6.54 Å². The minimum atomic E-state index is -0.749. The standard InChI is InChI=1S/C14H19F2N/c1-2-8-17-13(9-10-6-7-10)11-4-3-5-12(15)14(11)16/h3-5,10,13,17H,2,6-9H2,1H3. The number of hydrogen-bond acceptors (Lipinski definition) is 1. The van der Waals surface area contributed by atoms with Crippen LogP contribution < -0.4 is 5.32 Å². The van der Waals surface area contributed by atoms with Crippen molar-refractivity contribution in [3.05, 3.63) is 35.4 Å². The van der Waals surface area contributed by atoms with Crippen molar-refractivity contribution >= 4 is 0 Å². The van der Waals surface area contributed by atoms with E-state index in [1.54, 1.807) is 12.1 Å². The molecular weight excluding hydrogens is 220 g/mol. The molecule has 0 amide bonds. The first-order chi connectivity index (χ1) is 8.22. The van der Waals surface area contributed by atoms with Crippen molar-refractivity contribution in [3.63, 3.8) is 0 Å². The fourth-order valence-corrected chi connectivity index (χ4v) is 2.12. The van der Waals surface area contributed by atoms with Gasteiger partial charge in [0.25, 0.3) is 0 Å². The average molecular weight is 239 g/mol. The summed E-state index contributed by atoms with van der Waals surface area (Å²) in [6.07, 6.45) is 4.36. The molecule has 0 saturated heterocycles. The molecule has 1 unspecified atom stereocenters. The van der Waals surface area contributed by atoms with Crippen molar-refractivity contribution < 1.29 is 8.78 Å². The summed E-state index contributed by atoms with van der Waals surface area (Å²) in [5, 5.41) is 3.32. The van der Waals surface area contributed by atoms with Gasteiger partial charge in [0.2, 0.25) is 0 Å². The second kappa shape index (κ2) is 5.58. The molecule has 94 valence electrons. The van der Waals surface area contributed by atoms with Gasteiger partial charge in [0, 0.05) is 11.6 Å². The Hall–Kier alpha value is -0.960. The molecule has 1 aromatic rings. The van der Waals surface area contributed by atoms with Crippen LogP contribution in [0, 0.1) is 17.6 Å². The van der Waals surface area contributed by atoms with Crippen LogP contribution in [0.1, 0.15) is 44.2 Å². The minimum absolute atomic E-state index is 0.0434. The lowest BCUT2D eigenvalue weighted by Crippen LogP contribution is -2.24. The Morgan fingerprint density at radius 2 is 2.12 bits per heavy atom. The van der Waals surface area contributed by atoms with Crippen molar-refractivity contribution in [3.8, 4) is 0 Å².